The van der Waals surface area contributed by atoms with Gasteiger partial charge in [0.05, 0.1) is 25.4 Å². The van der Waals surface area contributed by atoms with Crippen LogP contribution in [0.3, 0.4) is 0 Å². The van der Waals surface area contributed by atoms with Crippen molar-refractivity contribution in [2.24, 2.45) is 0 Å². The highest BCUT2D eigenvalue weighted by Gasteiger charge is 2.44. The first-order valence-electron chi connectivity index (χ1n) is 17.2. The first kappa shape index (κ1) is 40.4. The molecule has 256 valence electrons. The quantitative estimate of drug-likeness (QED) is 0.0582. The lowest BCUT2D eigenvalue weighted by atomic mass is 9.99. The minimum atomic E-state index is -1.57. The van der Waals surface area contributed by atoms with Gasteiger partial charge in [-0.3, -0.25) is 4.79 Å². The topological polar surface area (TPSA) is 149 Å². The Balaban J connectivity index is 2.57. The highest BCUT2D eigenvalue weighted by Crippen LogP contribution is 2.22. The molecule has 0 radical (unpaired) electrons. The third-order valence-corrected chi connectivity index (χ3v) is 7.94. The number of rotatable bonds is 26. The van der Waals surface area contributed by atoms with E-state index in [0.717, 1.165) is 57.8 Å². The highest BCUT2D eigenvalue weighted by molar-refractivity contribution is 5.76. The van der Waals surface area contributed by atoms with Gasteiger partial charge in [0.2, 0.25) is 5.91 Å². The largest absolute Gasteiger partial charge is 0.394 e. The fourth-order valence-electron chi connectivity index (χ4n) is 5.03. The Morgan fingerprint density at radius 1 is 0.750 bits per heavy atom. The molecule has 1 heterocycles. The van der Waals surface area contributed by atoms with Crippen LogP contribution in [0.25, 0.3) is 0 Å². The lowest BCUT2D eigenvalue weighted by Crippen LogP contribution is -2.60. The molecule has 1 rings (SSSR count). The average molecular weight is 626 g/mol. The van der Waals surface area contributed by atoms with Gasteiger partial charge in [-0.05, 0) is 51.4 Å². The van der Waals surface area contributed by atoms with E-state index in [2.05, 4.69) is 43.5 Å². The van der Waals surface area contributed by atoms with Crippen LogP contribution in [0.2, 0.25) is 0 Å². The second kappa shape index (κ2) is 26.6. The summed E-state index contributed by atoms with van der Waals surface area (Å²) in [5, 5.41) is 53.6. The number of carbonyl (C=O) groups excluding carboxylic acids is 1. The number of ether oxygens (including phenoxy) is 2. The third kappa shape index (κ3) is 18.4. The van der Waals surface area contributed by atoms with Crippen molar-refractivity contribution in [1.29, 1.82) is 0 Å². The van der Waals surface area contributed by atoms with Crippen molar-refractivity contribution in [1.82, 2.24) is 5.32 Å². The standard InChI is InChI=1S/C35H63NO8/c1-3-5-7-9-11-13-15-16-18-20-22-24-29(38)28(27-43-35-34(42)33(41)32(40)30(26-37)44-35)36-31(39)25-23-21-19-17-14-12-10-8-6-4-2/h10,12,15-16,22,24,28-30,32-35,37-38,40-42H,3-9,11,13-14,17-21,23,25-27H2,1-2H3,(H,36,39)/b12-10-,16-15+,24-22+. The minimum absolute atomic E-state index is 0.206. The third-order valence-electron chi connectivity index (χ3n) is 7.94. The van der Waals surface area contributed by atoms with Gasteiger partial charge in [0, 0.05) is 6.42 Å². The Morgan fingerprint density at radius 3 is 1.95 bits per heavy atom. The van der Waals surface area contributed by atoms with Gasteiger partial charge in [0.1, 0.15) is 24.4 Å². The normalized spacial score (nSPS) is 24.0. The Bertz CT molecular complexity index is 787. The van der Waals surface area contributed by atoms with Crippen LogP contribution in [-0.4, -0.2) is 87.5 Å². The van der Waals surface area contributed by atoms with Crippen molar-refractivity contribution in [2.45, 2.75) is 166 Å². The first-order valence-corrected chi connectivity index (χ1v) is 17.2. The predicted octanol–water partition coefficient (Wildman–Crippen LogP) is 4.99. The Hall–Kier alpha value is -1.59. The molecule has 9 heteroatoms. The predicted molar refractivity (Wildman–Crippen MR) is 175 cm³/mol. The molecule has 0 saturated carbocycles. The molecule has 0 aromatic carbocycles. The minimum Gasteiger partial charge on any atom is -0.394 e. The van der Waals surface area contributed by atoms with Crippen molar-refractivity contribution >= 4 is 5.91 Å². The van der Waals surface area contributed by atoms with Crippen molar-refractivity contribution in [3.63, 3.8) is 0 Å². The van der Waals surface area contributed by atoms with Crippen LogP contribution < -0.4 is 5.32 Å². The molecular weight excluding hydrogens is 562 g/mol. The fourth-order valence-corrected chi connectivity index (χ4v) is 5.03. The summed E-state index contributed by atoms with van der Waals surface area (Å²) in [7, 11) is 0. The van der Waals surface area contributed by atoms with Crippen molar-refractivity contribution in [3.8, 4) is 0 Å². The summed E-state index contributed by atoms with van der Waals surface area (Å²) >= 11 is 0. The smallest absolute Gasteiger partial charge is 0.220 e. The lowest BCUT2D eigenvalue weighted by molar-refractivity contribution is -0.302. The number of nitrogens with one attached hydrogen (secondary N) is 1. The first-order chi connectivity index (χ1) is 21.3. The summed E-state index contributed by atoms with van der Waals surface area (Å²) in [4.78, 5) is 12.8. The molecule has 0 spiro atoms. The Kier molecular flexibility index (Phi) is 24.5. The monoisotopic (exact) mass is 625 g/mol. The van der Waals surface area contributed by atoms with E-state index in [1.54, 1.807) is 6.08 Å². The van der Waals surface area contributed by atoms with E-state index < -0.39 is 49.5 Å². The molecule has 6 N–H and O–H groups in total. The Labute approximate surface area is 266 Å². The van der Waals surface area contributed by atoms with E-state index in [-0.39, 0.29) is 12.5 Å². The molecule has 0 aromatic heterocycles. The van der Waals surface area contributed by atoms with Crippen molar-refractivity contribution < 1.29 is 39.8 Å². The molecule has 1 saturated heterocycles. The summed E-state index contributed by atoms with van der Waals surface area (Å²) in [5.41, 5.74) is 0. The van der Waals surface area contributed by atoms with E-state index >= 15 is 0 Å². The fraction of sp³-hybridized carbons (Fsp3) is 0.800. The van der Waals surface area contributed by atoms with Gasteiger partial charge in [-0.25, -0.2) is 0 Å². The van der Waals surface area contributed by atoms with Crippen molar-refractivity contribution in [2.75, 3.05) is 13.2 Å². The molecule has 1 aliphatic heterocycles. The Morgan fingerprint density at radius 2 is 1.32 bits per heavy atom. The van der Waals surface area contributed by atoms with Crippen LogP contribution in [0.1, 0.15) is 123 Å². The highest BCUT2D eigenvalue weighted by atomic mass is 16.7. The zero-order valence-corrected chi connectivity index (χ0v) is 27.4. The lowest BCUT2D eigenvalue weighted by Gasteiger charge is -2.40. The van der Waals surface area contributed by atoms with Crippen LogP contribution in [-0.2, 0) is 14.3 Å². The van der Waals surface area contributed by atoms with Gasteiger partial charge < -0.3 is 40.3 Å². The summed E-state index contributed by atoms with van der Waals surface area (Å²) in [6.45, 7) is 3.63. The molecule has 1 amide bonds. The summed E-state index contributed by atoms with van der Waals surface area (Å²) in [5.74, 6) is -0.207. The molecule has 0 aromatic rings. The van der Waals surface area contributed by atoms with Gasteiger partial charge in [-0.2, -0.15) is 0 Å². The molecule has 1 aliphatic rings. The van der Waals surface area contributed by atoms with Crippen LogP contribution in [0.5, 0.6) is 0 Å². The van der Waals surface area contributed by atoms with Crippen LogP contribution in [0.15, 0.2) is 36.5 Å². The molecule has 9 nitrogen and oxygen atoms in total. The maximum atomic E-state index is 12.8. The van der Waals surface area contributed by atoms with Gasteiger partial charge in [-0.15, -0.1) is 0 Å². The summed E-state index contributed by atoms with van der Waals surface area (Å²) in [6, 6.07) is -0.821. The van der Waals surface area contributed by atoms with Gasteiger partial charge in [-0.1, -0.05) is 102 Å². The van der Waals surface area contributed by atoms with Crippen LogP contribution in [0, 0.1) is 0 Å². The second-order valence-corrected chi connectivity index (χ2v) is 11.9. The van der Waals surface area contributed by atoms with Crippen molar-refractivity contribution in [3.05, 3.63) is 36.5 Å². The van der Waals surface area contributed by atoms with E-state index in [0.29, 0.717) is 6.42 Å². The van der Waals surface area contributed by atoms with E-state index in [9.17, 15) is 30.3 Å². The average Bonchev–Trinajstić information content (AvgIpc) is 3.02. The van der Waals surface area contributed by atoms with Crippen LogP contribution in [0.4, 0.5) is 0 Å². The molecule has 44 heavy (non-hydrogen) atoms. The number of aliphatic hydroxyl groups excluding tert-OH is 5. The van der Waals surface area contributed by atoms with E-state index in [1.807, 2.05) is 6.08 Å². The number of hydrogen-bond acceptors (Lipinski definition) is 8. The maximum Gasteiger partial charge on any atom is 0.220 e. The number of aliphatic hydroxyl groups is 5. The second-order valence-electron chi connectivity index (χ2n) is 11.9. The molecule has 0 bridgehead atoms. The molecular formula is C35H63NO8. The number of carbonyl (C=O) groups is 1. The van der Waals surface area contributed by atoms with E-state index in [4.69, 9.17) is 9.47 Å². The summed E-state index contributed by atoms with van der Waals surface area (Å²) < 4.78 is 11.1. The van der Waals surface area contributed by atoms with Gasteiger partial charge >= 0.3 is 0 Å². The van der Waals surface area contributed by atoms with Gasteiger partial charge in [0.15, 0.2) is 6.29 Å². The molecule has 7 unspecified atom stereocenters. The van der Waals surface area contributed by atoms with Crippen LogP contribution >= 0.6 is 0 Å². The van der Waals surface area contributed by atoms with Gasteiger partial charge in [0.25, 0.3) is 0 Å². The van der Waals surface area contributed by atoms with E-state index in [1.165, 1.54) is 44.9 Å². The molecule has 0 aliphatic carbocycles. The number of allylic oxidation sites excluding steroid dienone is 5. The molecule has 1 fully saturated rings. The molecule has 7 atom stereocenters. The summed E-state index contributed by atoms with van der Waals surface area (Å²) in [6.07, 6.45) is 22.0. The number of amides is 1. The number of unbranched alkanes of at least 4 members (excludes halogenated alkanes) is 12. The zero-order chi connectivity index (χ0) is 32.4. The number of hydrogen-bond donors (Lipinski definition) is 6. The zero-order valence-electron chi connectivity index (χ0n) is 27.4. The maximum absolute atomic E-state index is 12.8. The SMILES string of the molecule is CCCC/C=C\CCCCCCC(=O)NC(COC1OC(CO)C(O)C(O)C1O)C(O)/C=C/CC/C=C/CCCCCCC.